The summed E-state index contributed by atoms with van der Waals surface area (Å²) < 4.78 is 6.57. The van der Waals surface area contributed by atoms with Crippen LogP contribution in [0, 0.1) is 0 Å². The minimum atomic E-state index is 0.340. The van der Waals surface area contributed by atoms with Crippen LogP contribution in [0.3, 0.4) is 0 Å². The van der Waals surface area contributed by atoms with Gasteiger partial charge in [0, 0.05) is 6.20 Å². The summed E-state index contributed by atoms with van der Waals surface area (Å²) >= 11 is 0. The van der Waals surface area contributed by atoms with Gasteiger partial charge in [-0.2, -0.15) is 4.98 Å². The summed E-state index contributed by atoms with van der Waals surface area (Å²) in [5.74, 6) is 0.881. The van der Waals surface area contributed by atoms with E-state index >= 15 is 0 Å². The van der Waals surface area contributed by atoms with Gasteiger partial charge in [0.1, 0.15) is 18.6 Å². The van der Waals surface area contributed by atoms with Gasteiger partial charge in [0.15, 0.2) is 0 Å². The Balaban J connectivity index is 1.84. The van der Waals surface area contributed by atoms with Gasteiger partial charge in [0.05, 0.1) is 0 Å². The molecular formula is C9H7N7O. The maximum Gasteiger partial charge on any atom is 0.248 e. The van der Waals surface area contributed by atoms with E-state index < -0.39 is 0 Å². The predicted octanol–water partition coefficient (Wildman–Crippen LogP) is 0.166. The molecule has 3 aromatic heterocycles. The number of pyridine rings is 1. The van der Waals surface area contributed by atoms with Crippen LogP contribution in [0.2, 0.25) is 0 Å². The third-order valence-corrected chi connectivity index (χ3v) is 2.05. The lowest BCUT2D eigenvalue weighted by molar-refractivity contribution is 0.364. The van der Waals surface area contributed by atoms with Crippen molar-refractivity contribution < 1.29 is 4.52 Å². The van der Waals surface area contributed by atoms with Gasteiger partial charge in [0.25, 0.3) is 0 Å². The number of aromatic nitrogens is 7. The van der Waals surface area contributed by atoms with Gasteiger partial charge in [-0.3, -0.25) is 4.98 Å². The Hall–Kier alpha value is -2.64. The molecule has 0 saturated carbocycles. The Morgan fingerprint density at radius 2 is 2.29 bits per heavy atom. The maximum atomic E-state index is 5.07. The highest BCUT2D eigenvalue weighted by atomic mass is 16.5. The molecule has 0 fully saturated rings. The minimum absolute atomic E-state index is 0.340. The van der Waals surface area contributed by atoms with Crippen LogP contribution in [-0.2, 0) is 6.54 Å². The second kappa shape index (κ2) is 4.08. The minimum Gasteiger partial charge on any atom is -0.337 e. The second-order valence-corrected chi connectivity index (χ2v) is 3.23. The van der Waals surface area contributed by atoms with Crippen molar-refractivity contribution in [2.24, 2.45) is 0 Å². The Kier molecular flexibility index (Phi) is 2.30. The average Bonchev–Trinajstić information content (AvgIpc) is 3.02. The first-order valence-corrected chi connectivity index (χ1v) is 4.86. The van der Waals surface area contributed by atoms with Crippen LogP contribution in [0.1, 0.15) is 5.89 Å². The third kappa shape index (κ3) is 2.00. The van der Waals surface area contributed by atoms with E-state index in [0.29, 0.717) is 24.0 Å². The van der Waals surface area contributed by atoms with E-state index in [1.165, 1.54) is 11.0 Å². The molecule has 0 saturated heterocycles. The lowest BCUT2D eigenvalue weighted by Gasteiger charge is -1.91. The van der Waals surface area contributed by atoms with Crippen LogP contribution in [0.25, 0.3) is 11.5 Å². The molecule has 0 spiro atoms. The van der Waals surface area contributed by atoms with E-state index in [9.17, 15) is 0 Å². The van der Waals surface area contributed by atoms with Crippen molar-refractivity contribution >= 4 is 0 Å². The molecule has 3 aromatic rings. The van der Waals surface area contributed by atoms with E-state index in [2.05, 4.69) is 30.7 Å². The molecule has 0 atom stereocenters. The molecule has 0 aliphatic rings. The quantitative estimate of drug-likeness (QED) is 0.631. The van der Waals surface area contributed by atoms with Crippen molar-refractivity contribution in [2.75, 3.05) is 0 Å². The van der Waals surface area contributed by atoms with Gasteiger partial charge in [-0.25, -0.2) is 4.68 Å². The normalized spacial score (nSPS) is 10.6. The van der Waals surface area contributed by atoms with Crippen molar-refractivity contribution in [3.8, 4) is 11.5 Å². The fraction of sp³-hybridized carbons (Fsp3) is 0.111. The highest BCUT2D eigenvalue weighted by molar-refractivity contribution is 5.46. The Bertz CT molecular complexity index is 589. The van der Waals surface area contributed by atoms with Gasteiger partial charge >= 0.3 is 0 Å². The molecule has 3 heterocycles. The topological polar surface area (TPSA) is 95.4 Å². The summed E-state index contributed by atoms with van der Waals surface area (Å²) in [5.41, 5.74) is 0.666. The smallest absolute Gasteiger partial charge is 0.248 e. The van der Waals surface area contributed by atoms with Crippen LogP contribution >= 0.6 is 0 Å². The zero-order valence-corrected chi connectivity index (χ0v) is 8.63. The van der Waals surface area contributed by atoms with Crippen LogP contribution in [0.5, 0.6) is 0 Å². The van der Waals surface area contributed by atoms with Crippen LogP contribution in [0.15, 0.2) is 35.2 Å². The fourth-order valence-electron chi connectivity index (χ4n) is 1.31. The van der Waals surface area contributed by atoms with E-state index in [0.717, 1.165) is 0 Å². The zero-order valence-electron chi connectivity index (χ0n) is 8.63. The molecule has 8 nitrogen and oxygen atoms in total. The summed E-state index contributed by atoms with van der Waals surface area (Å²) in [6.45, 7) is 0.340. The predicted molar refractivity (Wildman–Crippen MR) is 54.4 cm³/mol. The van der Waals surface area contributed by atoms with E-state index in [-0.39, 0.29) is 0 Å². The van der Waals surface area contributed by atoms with E-state index in [1.54, 1.807) is 6.20 Å². The van der Waals surface area contributed by atoms with Crippen LogP contribution in [-0.4, -0.2) is 35.3 Å². The Morgan fingerprint density at radius 3 is 3.06 bits per heavy atom. The van der Waals surface area contributed by atoms with Crippen molar-refractivity contribution in [1.82, 2.24) is 35.3 Å². The molecule has 17 heavy (non-hydrogen) atoms. The van der Waals surface area contributed by atoms with E-state index in [1.807, 2.05) is 18.2 Å². The summed E-state index contributed by atoms with van der Waals surface area (Å²) in [6, 6.07) is 5.50. The number of nitrogens with zero attached hydrogens (tertiary/aromatic N) is 7. The molecule has 0 amide bonds. The van der Waals surface area contributed by atoms with Gasteiger partial charge in [-0.1, -0.05) is 11.2 Å². The molecule has 0 unspecified atom stereocenters. The lowest BCUT2D eigenvalue weighted by atomic mass is 10.3. The number of rotatable bonds is 3. The zero-order chi connectivity index (χ0) is 11.5. The number of hydrogen-bond donors (Lipinski definition) is 0. The molecule has 8 heteroatoms. The SMILES string of the molecule is c1ccc(-c2noc(Cn3cnnn3)n2)nc1. The molecule has 84 valence electrons. The van der Waals surface area contributed by atoms with Gasteiger partial charge in [0.2, 0.25) is 11.7 Å². The summed E-state index contributed by atoms with van der Waals surface area (Å²) in [4.78, 5) is 8.33. The first kappa shape index (κ1) is 9.58. The fourth-order valence-corrected chi connectivity index (χ4v) is 1.31. The second-order valence-electron chi connectivity index (χ2n) is 3.23. The molecule has 0 radical (unpaired) electrons. The first-order valence-electron chi connectivity index (χ1n) is 4.86. The monoisotopic (exact) mass is 229 g/mol. The largest absolute Gasteiger partial charge is 0.337 e. The lowest BCUT2D eigenvalue weighted by Crippen LogP contribution is -2.00. The standard InChI is InChI=1S/C9H7N7O/c1-2-4-10-7(3-1)9-12-8(17-13-9)5-16-6-11-14-15-16/h1-4,6H,5H2. The molecule has 3 rings (SSSR count). The Labute approximate surface area is 95.3 Å². The maximum absolute atomic E-state index is 5.07. The number of hydrogen-bond acceptors (Lipinski definition) is 7. The van der Waals surface area contributed by atoms with Crippen molar-refractivity contribution in [3.63, 3.8) is 0 Å². The van der Waals surface area contributed by atoms with Crippen molar-refractivity contribution in [2.45, 2.75) is 6.54 Å². The molecular weight excluding hydrogens is 222 g/mol. The molecule has 0 bridgehead atoms. The summed E-state index contributed by atoms with van der Waals surface area (Å²) in [6.07, 6.45) is 3.15. The average molecular weight is 229 g/mol. The van der Waals surface area contributed by atoms with Crippen LogP contribution in [0.4, 0.5) is 0 Å². The molecule has 0 N–H and O–H groups in total. The molecule has 0 aromatic carbocycles. The highest BCUT2D eigenvalue weighted by Gasteiger charge is 2.09. The van der Waals surface area contributed by atoms with Crippen molar-refractivity contribution in [1.29, 1.82) is 0 Å². The van der Waals surface area contributed by atoms with E-state index in [4.69, 9.17) is 4.52 Å². The molecule has 0 aliphatic heterocycles. The van der Waals surface area contributed by atoms with Gasteiger partial charge < -0.3 is 4.52 Å². The summed E-state index contributed by atoms with van der Waals surface area (Å²) in [7, 11) is 0. The highest BCUT2D eigenvalue weighted by Crippen LogP contribution is 2.11. The van der Waals surface area contributed by atoms with Crippen LogP contribution < -0.4 is 0 Å². The van der Waals surface area contributed by atoms with Crippen molar-refractivity contribution in [3.05, 3.63) is 36.6 Å². The molecule has 0 aliphatic carbocycles. The Morgan fingerprint density at radius 1 is 1.29 bits per heavy atom. The third-order valence-electron chi connectivity index (χ3n) is 2.05. The number of tetrazole rings is 1. The summed E-state index contributed by atoms with van der Waals surface area (Å²) in [5, 5.41) is 14.6. The van der Waals surface area contributed by atoms with Gasteiger partial charge in [-0.05, 0) is 22.6 Å². The first-order chi connectivity index (χ1) is 8.42. The van der Waals surface area contributed by atoms with Gasteiger partial charge in [-0.15, -0.1) is 5.10 Å².